The van der Waals surface area contributed by atoms with E-state index in [0.29, 0.717) is 43.5 Å². The number of nitro benzene ring substituents is 1. The van der Waals surface area contributed by atoms with Crippen LogP contribution in [0.4, 0.5) is 5.69 Å². The molecule has 0 aliphatic carbocycles. The number of nitro groups is 1. The number of thiocarbonyl (C=S) groups is 1. The maximum absolute atomic E-state index is 12.7. The zero-order valence-electron chi connectivity index (χ0n) is 24.0. The molecule has 1 amide bonds. The van der Waals surface area contributed by atoms with Crippen LogP contribution in [0.2, 0.25) is 5.02 Å². The smallest absolute Gasteiger partial charge is 0.338 e. The first-order chi connectivity index (χ1) is 21.6. The van der Waals surface area contributed by atoms with Crippen LogP contribution in [0.25, 0.3) is 0 Å². The first-order valence-electron chi connectivity index (χ1n) is 13.4. The number of ether oxygens (including phenoxy) is 3. The Bertz CT molecular complexity index is 1660. The van der Waals surface area contributed by atoms with Gasteiger partial charge in [-0.05, 0) is 83.5 Å². The summed E-state index contributed by atoms with van der Waals surface area (Å²) in [6.07, 6.45) is 1.40. The number of benzene rings is 3. The molecule has 0 saturated heterocycles. The lowest BCUT2D eigenvalue weighted by Gasteiger charge is -2.30. The predicted molar refractivity (Wildman–Crippen MR) is 175 cm³/mol. The average Bonchev–Trinajstić information content (AvgIpc) is 2.99. The van der Waals surface area contributed by atoms with Gasteiger partial charge in [0.25, 0.3) is 11.6 Å². The molecule has 15 heteroatoms. The van der Waals surface area contributed by atoms with Crippen LogP contribution >= 0.6 is 39.7 Å². The zero-order valence-corrected chi connectivity index (χ0v) is 27.1. The Balaban J connectivity index is 1.36. The van der Waals surface area contributed by atoms with E-state index in [-0.39, 0.29) is 30.5 Å². The predicted octanol–water partition coefficient (Wildman–Crippen LogP) is 5.47. The number of rotatable bonds is 12. The van der Waals surface area contributed by atoms with Crippen molar-refractivity contribution in [3.63, 3.8) is 0 Å². The average molecular weight is 717 g/mol. The van der Waals surface area contributed by atoms with E-state index >= 15 is 0 Å². The molecule has 3 aromatic rings. The molecule has 0 saturated carbocycles. The summed E-state index contributed by atoms with van der Waals surface area (Å²) in [5.41, 5.74) is 5.19. The molecule has 0 bridgehead atoms. The number of hydrogen-bond acceptors (Lipinski definition) is 9. The van der Waals surface area contributed by atoms with E-state index in [4.69, 9.17) is 38.0 Å². The second kappa shape index (κ2) is 15.5. The second-order valence-electron chi connectivity index (χ2n) is 9.44. The maximum Gasteiger partial charge on any atom is 0.338 e. The van der Waals surface area contributed by atoms with Crippen molar-refractivity contribution in [2.24, 2.45) is 5.10 Å². The third-order valence-corrected chi connectivity index (χ3v) is 7.40. The first-order valence-corrected chi connectivity index (χ1v) is 15.0. The van der Waals surface area contributed by atoms with Crippen LogP contribution < -0.4 is 25.5 Å². The van der Waals surface area contributed by atoms with Gasteiger partial charge in [0.15, 0.2) is 17.5 Å². The SMILES string of the molecule is CCOC(=O)C1=C(C)NC(=S)N[C@@H]1c1ccccc1OCC(=O)NN=Cc1cc(Cl)c(OCc2ccc([N+](=O)[O-])cc2)c(Br)c1. The largest absolute Gasteiger partial charge is 0.486 e. The highest BCUT2D eigenvalue weighted by molar-refractivity contribution is 9.10. The Morgan fingerprint density at radius 2 is 1.91 bits per heavy atom. The summed E-state index contributed by atoms with van der Waals surface area (Å²) in [6, 6.07) is 15.6. The minimum Gasteiger partial charge on any atom is -0.486 e. The van der Waals surface area contributed by atoms with Crippen molar-refractivity contribution in [1.29, 1.82) is 0 Å². The lowest BCUT2D eigenvalue weighted by molar-refractivity contribution is -0.384. The number of para-hydroxylation sites is 1. The molecular formula is C30H27BrClN5O7S. The van der Waals surface area contributed by atoms with Crippen molar-refractivity contribution in [3.05, 3.63) is 108 Å². The van der Waals surface area contributed by atoms with E-state index in [2.05, 4.69) is 37.1 Å². The lowest BCUT2D eigenvalue weighted by atomic mass is 9.95. The van der Waals surface area contributed by atoms with Gasteiger partial charge in [-0.3, -0.25) is 14.9 Å². The van der Waals surface area contributed by atoms with Crippen LogP contribution in [-0.2, 0) is 20.9 Å². The minimum atomic E-state index is -0.653. The van der Waals surface area contributed by atoms with Gasteiger partial charge in [-0.2, -0.15) is 5.10 Å². The lowest BCUT2D eigenvalue weighted by Crippen LogP contribution is -2.45. The van der Waals surface area contributed by atoms with E-state index in [9.17, 15) is 19.7 Å². The summed E-state index contributed by atoms with van der Waals surface area (Å²) in [4.78, 5) is 35.6. The van der Waals surface area contributed by atoms with Crippen molar-refractivity contribution < 1.29 is 28.7 Å². The summed E-state index contributed by atoms with van der Waals surface area (Å²) in [5, 5.41) is 21.5. The highest BCUT2D eigenvalue weighted by atomic mass is 79.9. The number of non-ortho nitro benzene ring substituents is 1. The van der Waals surface area contributed by atoms with Gasteiger partial charge >= 0.3 is 5.97 Å². The van der Waals surface area contributed by atoms with Crippen LogP contribution in [0, 0.1) is 10.1 Å². The molecule has 45 heavy (non-hydrogen) atoms. The maximum atomic E-state index is 12.7. The Morgan fingerprint density at radius 3 is 2.60 bits per heavy atom. The number of hydrazone groups is 1. The molecule has 4 rings (SSSR count). The van der Waals surface area contributed by atoms with Gasteiger partial charge in [-0.25, -0.2) is 10.2 Å². The van der Waals surface area contributed by atoms with Crippen LogP contribution in [0.3, 0.4) is 0 Å². The highest BCUT2D eigenvalue weighted by Gasteiger charge is 2.32. The quantitative estimate of drug-likeness (QED) is 0.0723. The number of esters is 1. The first kappa shape index (κ1) is 33.4. The minimum absolute atomic E-state index is 0.0122. The van der Waals surface area contributed by atoms with Crippen molar-refractivity contribution in [2.45, 2.75) is 26.5 Å². The molecule has 3 aromatic carbocycles. The molecule has 0 spiro atoms. The van der Waals surface area contributed by atoms with Crippen LogP contribution in [0.1, 0.15) is 36.6 Å². The number of carbonyl (C=O) groups excluding carboxylic acids is 2. The van der Waals surface area contributed by atoms with Gasteiger partial charge < -0.3 is 24.8 Å². The molecular weight excluding hydrogens is 690 g/mol. The number of nitrogens with zero attached hydrogens (tertiary/aromatic N) is 2. The van der Waals surface area contributed by atoms with Crippen molar-refractivity contribution >= 4 is 68.6 Å². The molecule has 1 aliphatic heterocycles. The molecule has 0 radical (unpaired) electrons. The van der Waals surface area contributed by atoms with E-state index < -0.39 is 22.8 Å². The summed E-state index contributed by atoms with van der Waals surface area (Å²) >= 11 is 15.1. The van der Waals surface area contributed by atoms with Crippen molar-refractivity contribution in [1.82, 2.24) is 16.1 Å². The van der Waals surface area contributed by atoms with E-state index in [1.807, 2.05) is 0 Å². The number of allylic oxidation sites excluding steroid dienone is 1. The number of hydrogen-bond donors (Lipinski definition) is 3. The Labute approximate surface area is 277 Å². The number of amides is 1. The standard InChI is InChI=1S/C30H27BrClN5O7S/c1-3-42-29(39)26-17(2)34-30(45)35-27(26)21-6-4-5-7-24(21)43-16-25(38)36-33-14-19-12-22(31)28(23(32)13-19)44-15-18-8-10-20(11-9-18)37(40)41/h4-14,27H,3,15-16H2,1-2H3,(H,36,38)(H2,34,35,45)/t27-/m1/s1. The van der Waals surface area contributed by atoms with Gasteiger partial charge in [0, 0.05) is 23.4 Å². The fourth-order valence-corrected chi connectivity index (χ4v) is 5.53. The van der Waals surface area contributed by atoms with Gasteiger partial charge in [0.2, 0.25) is 0 Å². The van der Waals surface area contributed by atoms with E-state index in [1.54, 1.807) is 62.4 Å². The van der Waals surface area contributed by atoms with Gasteiger partial charge in [-0.15, -0.1) is 0 Å². The fraction of sp³-hybridized carbons (Fsp3) is 0.200. The molecule has 1 atom stereocenters. The number of carbonyl (C=O) groups is 2. The van der Waals surface area contributed by atoms with Crippen LogP contribution in [0.15, 0.2) is 81.5 Å². The highest BCUT2D eigenvalue weighted by Crippen LogP contribution is 2.35. The van der Waals surface area contributed by atoms with Crippen molar-refractivity contribution in [2.75, 3.05) is 13.2 Å². The van der Waals surface area contributed by atoms with Crippen LogP contribution in [0.5, 0.6) is 11.5 Å². The van der Waals surface area contributed by atoms with E-state index in [0.717, 1.165) is 5.56 Å². The molecule has 0 unspecified atom stereocenters. The van der Waals surface area contributed by atoms with Crippen molar-refractivity contribution in [3.8, 4) is 11.5 Å². The monoisotopic (exact) mass is 715 g/mol. The molecule has 234 valence electrons. The summed E-state index contributed by atoms with van der Waals surface area (Å²) in [5.74, 6) is -0.280. The molecule has 1 aliphatic rings. The molecule has 1 heterocycles. The number of halogens is 2. The summed E-state index contributed by atoms with van der Waals surface area (Å²) in [6.45, 7) is 3.44. The number of nitrogens with one attached hydrogen (secondary N) is 3. The molecule has 0 fully saturated rings. The van der Waals surface area contributed by atoms with Gasteiger partial charge in [-0.1, -0.05) is 29.8 Å². The Kier molecular flexibility index (Phi) is 11.5. The van der Waals surface area contributed by atoms with Gasteiger partial charge in [0.05, 0.1) is 38.9 Å². The zero-order chi connectivity index (χ0) is 32.5. The molecule has 3 N–H and O–H groups in total. The van der Waals surface area contributed by atoms with E-state index in [1.165, 1.54) is 18.3 Å². The second-order valence-corrected chi connectivity index (χ2v) is 11.1. The summed E-state index contributed by atoms with van der Waals surface area (Å²) < 4.78 is 17.4. The fourth-order valence-electron chi connectivity index (χ4n) is 4.27. The molecule has 12 nitrogen and oxygen atoms in total. The topological polar surface area (TPSA) is 153 Å². The Morgan fingerprint density at radius 1 is 1.18 bits per heavy atom. The molecule has 0 aromatic heterocycles. The van der Waals surface area contributed by atoms with Crippen LogP contribution in [-0.4, -0.2) is 41.3 Å². The normalized spacial score (nSPS) is 14.4. The van der Waals surface area contributed by atoms with Gasteiger partial charge in [0.1, 0.15) is 12.4 Å². The Hall–Kier alpha value is -4.53. The third-order valence-electron chi connectivity index (χ3n) is 6.31. The third kappa shape index (κ3) is 8.77. The summed E-state index contributed by atoms with van der Waals surface area (Å²) in [7, 11) is 0.